The highest BCUT2D eigenvalue weighted by Gasteiger charge is 2.18. The van der Waals surface area contributed by atoms with Crippen molar-refractivity contribution in [2.24, 2.45) is 0 Å². The highest BCUT2D eigenvalue weighted by atomic mass is 35.5. The van der Waals surface area contributed by atoms with Gasteiger partial charge in [-0.15, -0.1) is 0 Å². The molecule has 1 aromatic heterocycles. The predicted molar refractivity (Wildman–Crippen MR) is 84.5 cm³/mol. The van der Waals surface area contributed by atoms with Crippen molar-refractivity contribution in [3.8, 4) is 0 Å². The molecule has 0 fully saturated rings. The van der Waals surface area contributed by atoms with Crippen LogP contribution in [-0.2, 0) is 6.54 Å². The second-order valence-corrected chi connectivity index (χ2v) is 5.45. The van der Waals surface area contributed by atoms with Gasteiger partial charge < -0.3 is 5.32 Å². The van der Waals surface area contributed by atoms with Gasteiger partial charge in [0.15, 0.2) is 0 Å². The van der Waals surface area contributed by atoms with E-state index < -0.39 is 0 Å². The molecular formula is C15H19Cl2N3. The van der Waals surface area contributed by atoms with E-state index in [1.165, 1.54) is 0 Å². The van der Waals surface area contributed by atoms with Crippen molar-refractivity contribution < 1.29 is 0 Å². The van der Waals surface area contributed by atoms with E-state index in [1.807, 2.05) is 35.1 Å². The van der Waals surface area contributed by atoms with E-state index in [-0.39, 0.29) is 6.04 Å². The predicted octanol–water partition coefficient (Wildman–Crippen LogP) is 4.30. The quantitative estimate of drug-likeness (QED) is 0.862. The standard InChI is InChI=1S/C15H19Cl2N3/c1-3-8-18-15(14-7-9-19-20(14)4-2)11-5-6-12(16)13(17)10-11/h5-7,9-10,15,18H,3-4,8H2,1-2H3. The molecule has 0 aliphatic carbocycles. The van der Waals surface area contributed by atoms with Gasteiger partial charge in [-0.3, -0.25) is 4.68 Å². The molecule has 2 aromatic rings. The van der Waals surface area contributed by atoms with Crippen LogP contribution in [0.3, 0.4) is 0 Å². The second-order valence-electron chi connectivity index (χ2n) is 4.63. The van der Waals surface area contributed by atoms with Crippen molar-refractivity contribution in [3.05, 3.63) is 51.8 Å². The molecule has 0 saturated carbocycles. The molecule has 0 aliphatic heterocycles. The maximum atomic E-state index is 6.14. The molecule has 0 spiro atoms. The number of aryl methyl sites for hydroxylation is 1. The van der Waals surface area contributed by atoms with E-state index in [9.17, 15) is 0 Å². The molecule has 108 valence electrons. The molecule has 1 atom stereocenters. The summed E-state index contributed by atoms with van der Waals surface area (Å²) in [5.41, 5.74) is 2.24. The normalized spacial score (nSPS) is 12.6. The first-order chi connectivity index (χ1) is 9.67. The maximum absolute atomic E-state index is 6.14. The fourth-order valence-electron chi connectivity index (χ4n) is 2.23. The van der Waals surface area contributed by atoms with Crippen LogP contribution in [0.2, 0.25) is 10.0 Å². The minimum absolute atomic E-state index is 0.0761. The zero-order chi connectivity index (χ0) is 14.5. The third-order valence-corrected chi connectivity index (χ3v) is 3.96. The lowest BCUT2D eigenvalue weighted by Crippen LogP contribution is -2.25. The molecule has 0 amide bonds. The largest absolute Gasteiger partial charge is 0.305 e. The summed E-state index contributed by atoms with van der Waals surface area (Å²) in [6, 6.07) is 7.89. The SMILES string of the molecule is CCCNC(c1ccc(Cl)c(Cl)c1)c1ccnn1CC. The van der Waals surface area contributed by atoms with Gasteiger partial charge in [-0.2, -0.15) is 5.10 Å². The van der Waals surface area contributed by atoms with Gasteiger partial charge >= 0.3 is 0 Å². The van der Waals surface area contributed by atoms with Gasteiger partial charge in [-0.1, -0.05) is 36.2 Å². The van der Waals surface area contributed by atoms with Crippen LogP contribution < -0.4 is 5.32 Å². The smallest absolute Gasteiger partial charge is 0.0748 e. The Morgan fingerprint density at radius 2 is 2.00 bits per heavy atom. The Hall–Kier alpha value is -1.03. The third-order valence-electron chi connectivity index (χ3n) is 3.22. The molecule has 1 aromatic carbocycles. The fraction of sp³-hybridized carbons (Fsp3) is 0.400. The minimum atomic E-state index is 0.0761. The number of hydrogen-bond donors (Lipinski definition) is 1. The summed E-state index contributed by atoms with van der Waals surface area (Å²) in [6.07, 6.45) is 2.90. The number of rotatable bonds is 6. The Kier molecular flexibility index (Phi) is 5.46. The molecule has 0 bridgehead atoms. The van der Waals surface area contributed by atoms with E-state index in [4.69, 9.17) is 23.2 Å². The number of hydrogen-bond acceptors (Lipinski definition) is 2. The van der Waals surface area contributed by atoms with Crippen LogP contribution in [0, 0.1) is 0 Å². The maximum Gasteiger partial charge on any atom is 0.0748 e. The molecule has 1 unspecified atom stereocenters. The van der Waals surface area contributed by atoms with E-state index in [0.29, 0.717) is 10.0 Å². The van der Waals surface area contributed by atoms with Crippen LogP contribution >= 0.6 is 23.2 Å². The highest BCUT2D eigenvalue weighted by Crippen LogP contribution is 2.28. The number of nitrogens with zero attached hydrogens (tertiary/aromatic N) is 2. The van der Waals surface area contributed by atoms with Gasteiger partial charge in [0.05, 0.1) is 21.8 Å². The van der Waals surface area contributed by atoms with E-state index in [0.717, 1.165) is 30.8 Å². The number of halogens is 2. The summed E-state index contributed by atoms with van der Waals surface area (Å²) >= 11 is 12.1. The van der Waals surface area contributed by atoms with Gasteiger partial charge in [0.2, 0.25) is 0 Å². The van der Waals surface area contributed by atoms with Crippen molar-refractivity contribution in [3.63, 3.8) is 0 Å². The number of nitrogens with one attached hydrogen (secondary N) is 1. The second kappa shape index (κ2) is 7.11. The topological polar surface area (TPSA) is 29.9 Å². The van der Waals surface area contributed by atoms with Crippen LogP contribution in [0.4, 0.5) is 0 Å². The summed E-state index contributed by atoms with van der Waals surface area (Å²) in [7, 11) is 0. The fourth-order valence-corrected chi connectivity index (χ4v) is 2.53. The minimum Gasteiger partial charge on any atom is -0.305 e. The van der Waals surface area contributed by atoms with Gasteiger partial charge in [-0.05, 0) is 43.7 Å². The lowest BCUT2D eigenvalue weighted by atomic mass is 10.0. The Labute approximate surface area is 129 Å². The first kappa shape index (κ1) is 15.4. The first-order valence-corrected chi connectivity index (χ1v) is 7.63. The Bertz CT molecular complexity index is 566. The van der Waals surface area contributed by atoms with Crippen LogP contribution in [0.5, 0.6) is 0 Å². The third kappa shape index (κ3) is 3.35. The summed E-state index contributed by atoms with van der Waals surface area (Å²) in [6.45, 7) is 6.01. The van der Waals surface area contributed by atoms with E-state index >= 15 is 0 Å². The van der Waals surface area contributed by atoms with Crippen LogP contribution in [0.15, 0.2) is 30.5 Å². The zero-order valence-electron chi connectivity index (χ0n) is 11.7. The van der Waals surface area contributed by atoms with Crippen molar-refractivity contribution in [2.45, 2.75) is 32.9 Å². The Balaban J connectivity index is 2.38. The zero-order valence-corrected chi connectivity index (χ0v) is 13.2. The number of aromatic nitrogens is 2. The molecule has 20 heavy (non-hydrogen) atoms. The molecule has 0 radical (unpaired) electrons. The van der Waals surface area contributed by atoms with Gasteiger partial charge in [0.25, 0.3) is 0 Å². The lowest BCUT2D eigenvalue weighted by Gasteiger charge is -2.20. The van der Waals surface area contributed by atoms with Crippen molar-refractivity contribution >= 4 is 23.2 Å². The first-order valence-electron chi connectivity index (χ1n) is 6.87. The van der Waals surface area contributed by atoms with Crippen LogP contribution in [0.1, 0.15) is 37.6 Å². The average molecular weight is 312 g/mol. The summed E-state index contributed by atoms with van der Waals surface area (Å²) in [5.74, 6) is 0. The van der Waals surface area contributed by atoms with Crippen molar-refractivity contribution in [1.29, 1.82) is 0 Å². The number of benzene rings is 1. The molecule has 3 nitrogen and oxygen atoms in total. The van der Waals surface area contributed by atoms with Crippen molar-refractivity contribution in [1.82, 2.24) is 15.1 Å². The molecule has 5 heteroatoms. The molecule has 2 rings (SSSR count). The molecule has 0 saturated heterocycles. The monoisotopic (exact) mass is 311 g/mol. The van der Waals surface area contributed by atoms with E-state index in [1.54, 1.807) is 0 Å². The molecule has 0 aliphatic rings. The summed E-state index contributed by atoms with van der Waals surface area (Å²) in [5, 5.41) is 9.05. The Morgan fingerprint density at radius 1 is 1.20 bits per heavy atom. The summed E-state index contributed by atoms with van der Waals surface area (Å²) in [4.78, 5) is 0. The highest BCUT2D eigenvalue weighted by molar-refractivity contribution is 6.42. The van der Waals surface area contributed by atoms with E-state index in [2.05, 4.69) is 24.3 Å². The Morgan fingerprint density at radius 3 is 2.65 bits per heavy atom. The van der Waals surface area contributed by atoms with Gasteiger partial charge in [-0.25, -0.2) is 0 Å². The molecule has 1 N–H and O–H groups in total. The average Bonchev–Trinajstić information content (AvgIpc) is 2.91. The lowest BCUT2D eigenvalue weighted by molar-refractivity contribution is 0.530. The molecular weight excluding hydrogens is 293 g/mol. The van der Waals surface area contributed by atoms with Gasteiger partial charge in [0, 0.05) is 12.7 Å². The molecule has 1 heterocycles. The summed E-state index contributed by atoms with van der Waals surface area (Å²) < 4.78 is 2.00. The van der Waals surface area contributed by atoms with Crippen LogP contribution in [-0.4, -0.2) is 16.3 Å². The van der Waals surface area contributed by atoms with Gasteiger partial charge in [0.1, 0.15) is 0 Å². The van der Waals surface area contributed by atoms with Crippen molar-refractivity contribution in [2.75, 3.05) is 6.54 Å². The van der Waals surface area contributed by atoms with Crippen LogP contribution in [0.25, 0.3) is 0 Å².